The third-order valence-corrected chi connectivity index (χ3v) is 4.35. The van der Waals surface area contributed by atoms with Gasteiger partial charge < -0.3 is 24.5 Å². The van der Waals surface area contributed by atoms with Crippen LogP contribution in [-0.4, -0.2) is 36.8 Å². The second-order valence-corrected chi connectivity index (χ2v) is 6.12. The SMILES string of the molecule is COc1ccc([C@@H](CO)N(C)C(=O)N[C@H](C)c2cc(C)oc2C)cc1. The number of aliphatic hydroxyl groups excluding tert-OH is 1. The van der Waals surface area contributed by atoms with Gasteiger partial charge in [-0.1, -0.05) is 12.1 Å². The average molecular weight is 346 g/mol. The highest BCUT2D eigenvalue weighted by atomic mass is 16.5. The van der Waals surface area contributed by atoms with Crippen LogP contribution in [0.3, 0.4) is 0 Å². The molecule has 0 spiro atoms. The van der Waals surface area contributed by atoms with Crippen molar-refractivity contribution in [2.24, 2.45) is 0 Å². The number of ether oxygens (including phenoxy) is 1. The Morgan fingerprint density at radius 3 is 2.44 bits per heavy atom. The number of hydrogen-bond donors (Lipinski definition) is 2. The van der Waals surface area contributed by atoms with Gasteiger partial charge in [0.1, 0.15) is 17.3 Å². The van der Waals surface area contributed by atoms with Crippen molar-refractivity contribution in [2.45, 2.75) is 32.9 Å². The fourth-order valence-corrected chi connectivity index (χ4v) is 2.86. The van der Waals surface area contributed by atoms with Gasteiger partial charge in [0, 0.05) is 12.6 Å². The normalized spacial score (nSPS) is 13.2. The summed E-state index contributed by atoms with van der Waals surface area (Å²) >= 11 is 0. The predicted octanol–water partition coefficient (Wildman–Crippen LogP) is 3.34. The zero-order valence-corrected chi connectivity index (χ0v) is 15.4. The summed E-state index contributed by atoms with van der Waals surface area (Å²) in [7, 11) is 3.26. The molecular formula is C19H26N2O4. The molecule has 136 valence electrons. The number of aliphatic hydroxyl groups is 1. The van der Waals surface area contributed by atoms with Crippen LogP contribution in [-0.2, 0) is 0 Å². The van der Waals surface area contributed by atoms with Crippen molar-refractivity contribution >= 4 is 6.03 Å². The van der Waals surface area contributed by atoms with Gasteiger partial charge in [-0.2, -0.15) is 0 Å². The van der Waals surface area contributed by atoms with Crippen molar-refractivity contribution in [1.82, 2.24) is 10.2 Å². The number of hydrogen-bond acceptors (Lipinski definition) is 4. The average Bonchev–Trinajstić information content (AvgIpc) is 2.94. The smallest absolute Gasteiger partial charge is 0.318 e. The van der Waals surface area contributed by atoms with Crippen LogP contribution in [0.2, 0.25) is 0 Å². The Morgan fingerprint density at radius 2 is 1.96 bits per heavy atom. The number of methoxy groups -OCH3 is 1. The van der Waals surface area contributed by atoms with E-state index in [-0.39, 0.29) is 18.7 Å². The van der Waals surface area contributed by atoms with Crippen molar-refractivity contribution in [3.8, 4) is 5.75 Å². The molecule has 2 atom stereocenters. The maximum atomic E-state index is 12.6. The quantitative estimate of drug-likeness (QED) is 0.841. The number of furan rings is 1. The van der Waals surface area contributed by atoms with E-state index in [1.54, 1.807) is 14.2 Å². The number of carbonyl (C=O) groups is 1. The summed E-state index contributed by atoms with van der Waals surface area (Å²) in [5.74, 6) is 2.34. The third kappa shape index (κ3) is 4.33. The Kier molecular flexibility index (Phi) is 6.09. The molecule has 0 unspecified atom stereocenters. The van der Waals surface area contributed by atoms with Gasteiger partial charge >= 0.3 is 6.03 Å². The second-order valence-electron chi connectivity index (χ2n) is 6.12. The van der Waals surface area contributed by atoms with E-state index in [0.29, 0.717) is 0 Å². The van der Waals surface area contributed by atoms with E-state index in [1.165, 1.54) is 4.90 Å². The first kappa shape index (κ1) is 18.9. The maximum Gasteiger partial charge on any atom is 0.318 e. The topological polar surface area (TPSA) is 74.9 Å². The molecule has 25 heavy (non-hydrogen) atoms. The minimum atomic E-state index is -0.440. The van der Waals surface area contributed by atoms with E-state index in [1.807, 2.05) is 51.1 Å². The Balaban J connectivity index is 2.09. The van der Waals surface area contributed by atoms with Crippen LogP contribution in [0.5, 0.6) is 5.75 Å². The molecule has 6 heteroatoms. The molecule has 6 nitrogen and oxygen atoms in total. The third-order valence-electron chi connectivity index (χ3n) is 4.35. The molecule has 1 heterocycles. The van der Waals surface area contributed by atoms with Crippen LogP contribution >= 0.6 is 0 Å². The lowest BCUT2D eigenvalue weighted by Gasteiger charge is -2.28. The van der Waals surface area contributed by atoms with Crippen LogP contribution in [0.4, 0.5) is 4.79 Å². The monoisotopic (exact) mass is 346 g/mol. The largest absolute Gasteiger partial charge is 0.497 e. The van der Waals surface area contributed by atoms with Gasteiger partial charge in [0.05, 0.1) is 25.8 Å². The first-order valence-corrected chi connectivity index (χ1v) is 8.22. The van der Waals surface area contributed by atoms with E-state index < -0.39 is 6.04 Å². The van der Waals surface area contributed by atoms with Crippen LogP contribution in [0.1, 0.15) is 41.7 Å². The highest BCUT2D eigenvalue weighted by Crippen LogP contribution is 2.24. The molecule has 0 aliphatic heterocycles. The molecule has 1 aromatic carbocycles. The minimum Gasteiger partial charge on any atom is -0.497 e. The van der Waals surface area contributed by atoms with Crippen LogP contribution < -0.4 is 10.1 Å². The molecule has 0 saturated heterocycles. The zero-order chi connectivity index (χ0) is 18.6. The minimum absolute atomic E-state index is 0.172. The Bertz CT molecular complexity index is 709. The Morgan fingerprint density at radius 1 is 1.32 bits per heavy atom. The second kappa shape index (κ2) is 8.07. The summed E-state index contributed by atoms with van der Waals surface area (Å²) < 4.78 is 10.7. The fourth-order valence-electron chi connectivity index (χ4n) is 2.86. The van der Waals surface area contributed by atoms with Gasteiger partial charge in [-0.05, 0) is 44.5 Å². The van der Waals surface area contributed by atoms with E-state index in [4.69, 9.17) is 9.15 Å². The number of nitrogens with one attached hydrogen (secondary N) is 1. The summed E-state index contributed by atoms with van der Waals surface area (Å²) in [5, 5.41) is 12.7. The van der Waals surface area contributed by atoms with Crippen LogP contribution in [0.15, 0.2) is 34.7 Å². The van der Waals surface area contributed by atoms with E-state index >= 15 is 0 Å². The number of likely N-dealkylation sites (N-methyl/N-ethyl adjacent to an activating group) is 1. The van der Waals surface area contributed by atoms with Crippen LogP contribution in [0, 0.1) is 13.8 Å². The number of nitrogens with zero attached hydrogens (tertiary/aromatic N) is 1. The number of amides is 2. The highest BCUT2D eigenvalue weighted by molar-refractivity contribution is 5.75. The first-order valence-electron chi connectivity index (χ1n) is 8.22. The number of benzene rings is 1. The fraction of sp³-hybridized carbons (Fsp3) is 0.421. The molecule has 2 aromatic rings. The lowest BCUT2D eigenvalue weighted by molar-refractivity contribution is 0.148. The summed E-state index contributed by atoms with van der Waals surface area (Å²) in [5.41, 5.74) is 1.79. The lowest BCUT2D eigenvalue weighted by atomic mass is 10.1. The zero-order valence-electron chi connectivity index (χ0n) is 15.4. The summed E-state index contributed by atoms with van der Waals surface area (Å²) in [6, 6.07) is 8.34. The summed E-state index contributed by atoms with van der Waals surface area (Å²) in [4.78, 5) is 14.1. The van der Waals surface area contributed by atoms with Crippen molar-refractivity contribution in [3.05, 3.63) is 53.0 Å². The molecule has 2 N–H and O–H groups in total. The van der Waals surface area contributed by atoms with E-state index in [0.717, 1.165) is 28.4 Å². The number of rotatable bonds is 6. The van der Waals surface area contributed by atoms with Gasteiger partial charge in [0.2, 0.25) is 0 Å². The first-order chi connectivity index (χ1) is 11.9. The summed E-state index contributed by atoms with van der Waals surface area (Å²) in [6.07, 6.45) is 0. The Labute approximate surface area is 148 Å². The molecule has 0 radical (unpaired) electrons. The predicted molar refractivity (Wildman–Crippen MR) is 95.7 cm³/mol. The molecule has 0 aliphatic rings. The van der Waals surface area contributed by atoms with Gasteiger partial charge in [-0.15, -0.1) is 0 Å². The summed E-state index contributed by atoms with van der Waals surface area (Å²) in [6.45, 7) is 5.49. The van der Waals surface area contributed by atoms with E-state index in [9.17, 15) is 9.90 Å². The lowest BCUT2D eigenvalue weighted by Crippen LogP contribution is -2.41. The molecule has 1 aromatic heterocycles. The maximum absolute atomic E-state index is 12.6. The van der Waals surface area contributed by atoms with E-state index in [2.05, 4.69) is 5.32 Å². The molecule has 0 bridgehead atoms. The van der Waals surface area contributed by atoms with Crippen molar-refractivity contribution in [1.29, 1.82) is 0 Å². The Hall–Kier alpha value is -2.47. The van der Waals surface area contributed by atoms with Crippen molar-refractivity contribution in [2.75, 3.05) is 20.8 Å². The standard InChI is InChI=1S/C19H26N2O4/c1-12-10-17(14(3)25-12)13(2)20-19(23)21(4)18(11-22)15-6-8-16(24-5)9-7-15/h6-10,13,18,22H,11H2,1-5H3,(H,20,23)/t13-,18-/m1/s1. The molecule has 2 rings (SSSR count). The van der Waals surface area contributed by atoms with Crippen molar-refractivity contribution < 1.29 is 19.1 Å². The molecule has 0 aliphatic carbocycles. The van der Waals surface area contributed by atoms with Gasteiger partial charge in [-0.3, -0.25) is 0 Å². The molecule has 0 fully saturated rings. The van der Waals surface area contributed by atoms with Gasteiger partial charge in [0.15, 0.2) is 0 Å². The number of carbonyl (C=O) groups excluding carboxylic acids is 1. The van der Waals surface area contributed by atoms with Crippen molar-refractivity contribution in [3.63, 3.8) is 0 Å². The number of aryl methyl sites for hydroxylation is 2. The number of urea groups is 1. The van der Waals surface area contributed by atoms with Gasteiger partial charge in [0.25, 0.3) is 0 Å². The van der Waals surface area contributed by atoms with Crippen LogP contribution in [0.25, 0.3) is 0 Å². The molecular weight excluding hydrogens is 320 g/mol. The highest BCUT2D eigenvalue weighted by Gasteiger charge is 2.23. The molecule has 2 amide bonds. The molecule has 0 saturated carbocycles. The van der Waals surface area contributed by atoms with Gasteiger partial charge in [-0.25, -0.2) is 4.79 Å².